The Labute approximate surface area is 139 Å². The monoisotopic (exact) mass is 319 g/mol. The zero-order valence-corrected chi connectivity index (χ0v) is 13.8. The summed E-state index contributed by atoms with van der Waals surface area (Å²) < 4.78 is 1.69. The zero-order valence-electron chi connectivity index (χ0n) is 13.8. The first-order chi connectivity index (χ1) is 11.5. The molecule has 0 aliphatic rings. The number of amides is 1. The van der Waals surface area contributed by atoms with Crippen molar-refractivity contribution in [3.05, 3.63) is 58.4 Å². The predicted molar refractivity (Wildman–Crippen MR) is 90.3 cm³/mol. The fraction of sp³-hybridized carbons (Fsp3) is 0.222. The third-order valence-electron chi connectivity index (χ3n) is 3.88. The lowest BCUT2D eigenvalue weighted by atomic mass is 10.1. The van der Waals surface area contributed by atoms with E-state index in [1.54, 1.807) is 22.9 Å². The number of carbonyl (C=O) groups excluding carboxylic acids is 1. The fourth-order valence-corrected chi connectivity index (χ4v) is 2.72. The number of benzene rings is 1. The van der Waals surface area contributed by atoms with Crippen LogP contribution >= 0.6 is 0 Å². The van der Waals surface area contributed by atoms with E-state index in [0.717, 1.165) is 22.3 Å². The van der Waals surface area contributed by atoms with Gasteiger partial charge in [-0.25, -0.2) is 4.98 Å². The van der Waals surface area contributed by atoms with Gasteiger partial charge in [0.25, 0.3) is 5.91 Å². The van der Waals surface area contributed by atoms with Gasteiger partial charge in [-0.2, -0.15) is 10.4 Å². The first kappa shape index (κ1) is 15.7. The van der Waals surface area contributed by atoms with Crippen molar-refractivity contribution in [1.29, 1.82) is 5.26 Å². The van der Waals surface area contributed by atoms with Gasteiger partial charge in [-0.1, -0.05) is 12.1 Å². The van der Waals surface area contributed by atoms with Crippen molar-refractivity contribution >= 4 is 16.9 Å². The topological polar surface area (TPSA) is 83.6 Å². The number of nitrogens with one attached hydrogen (secondary N) is 1. The van der Waals surface area contributed by atoms with Crippen LogP contribution in [0.5, 0.6) is 0 Å². The predicted octanol–water partition coefficient (Wildman–Crippen LogP) is 2.39. The Kier molecular flexibility index (Phi) is 4.00. The molecule has 0 aliphatic heterocycles. The molecule has 120 valence electrons. The van der Waals surface area contributed by atoms with Gasteiger partial charge in [-0.3, -0.25) is 9.48 Å². The summed E-state index contributed by atoms with van der Waals surface area (Å²) in [6.45, 7) is 4.13. The van der Waals surface area contributed by atoms with Gasteiger partial charge >= 0.3 is 0 Å². The Hall–Kier alpha value is -3.20. The molecule has 6 heteroatoms. The fourth-order valence-electron chi connectivity index (χ4n) is 2.72. The molecule has 1 amide bonds. The van der Waals surface area contributed by atoms with Crippen LogP contribution in [0.15, 0.2) is 30.3 Å². The minimum atomic E-state index is -0.161. The summed E-state index contributed by atoms with van der Waals surface area (Å²) in [6, 6.07) is 11.0. The highest BCUT2D eigenvalue weighted by molar-refractivity contribution is 6.06. The molecule has 0 spiro atoms. The van der Waals surface area contributed by atoms with Crippen LogP contribution in [0.4, 0.5) is 0 Å². The van der Waals surface area contributed by atoms with Crippen molar-refractivity contribution in [2.75, 3.05) is 0 Å². The Bertz CT molecular complexity index is 964. The second-order valence-corrected chi connectivity index (χ2v) is 5.71. The van der Waals surface area contributed by atoms with Gasteiger partial charge in [0.1, 0.15) is 0 Å². The van der Waals surface area contributed by atoms with E-state index in [-0.39, 0.29) is 5.91 Å². The van der Waals surface area contributed by atoms with Crippen LogP contribution in [0.2, 0.25) is 0 Å². The van der Waals surface area contributed by atoms with Crippen LogP contribution in [-0.2, 0) is 13.6 Å². The maximum atomic E-state index is 12.6. The quantitative estimate of drug-likeness (QED) is 0.803. The van der Waals surface area contributed by atoms with Gasteiger partial charge in [-0.05, 0) is 37.6 Å². The van der Waals surface area contributed by atoms with Gasteiger partial charge in [-0.15, -0.1) is 0 Å². The molecule has 0 bridgehead atoms. The SMILES string of the molecule is Cc1cc(C(=O)NCc2ccc(C#N)cc2)c2c(C)nn(C)c2n1. The summed E-state index contributed by atoms with van der Waals surface area (Å²) in [5, 5.41) is 16.9. The minimum absolute atomic E-state index is 0.161. The molecular formula is C18H17N5O. The van der Waals surface area contributed by atoms with Gasteiger partial charge in [0, 0.05) is 19.3 Å². The van der Waals surface area contributed by atoms with E-state index in [0.29, 0.717) is 23.3 Å². The van der Waals surface area contributed by atoms with E-state index in [4.69, 9.17) is 5.26 Å². The molecule has 0 saturated carbocycles. The molecule has 0 radical (unpaired) electrons. The average molecular weight is 319 g/mol. The van der Waals surface area contributed by atoms with Crippen molar-refractivity contribution in [3.8, 4) is 6.07 Å². The van der Waals surface area contributed by atoms with Crippen LogP contribution in [0.1, 0.15) is 32.9 Å². The second-order valence-electron chi connectivity index (χ2n) is 5.71. The number of fused-ring (bicyclic) bond motifs is 1. The zero-order chi connectivity index (χ0) is 17.3. The summed E-state index contributed by atoms with van der Waals surface area (Å²) in [5.74, 6) is -0.161. The molecular weight excluding hydrogens is 302 g/mol. The van der Waals surface area contributed by atoms with Crippen molar-refractivity contribution in [2.45, 2.75) is 20.4 Å². The first-order valence-electron chi connectivity index (χ1n) is 7.58. The molecule has 2 heterocycles. The molecule has 6 nitrogen and oxygen atoms in total. The maximum absolute atomic E-state index is 12.6. The Balaban J connectivity index is 1.87. The second kappa shape index (κ2) is 6.13. The number of nitriles is 1. The summed E-state index contributed by atoms with van der Waals surface area (Å²) in [7, 11) is 1.82. The van der Waals surface area contributed by atoms with Crippen molar-refractivity contribution < 1.29 is 4.79 Å². The summed E-state index contributed by atoms with van der Waals surface area (Å²) in [6.07, 6.45) is 0. The third-order valence-corrected chi connectivity index (χ3v) is 3.88. The maximum Gasteiger partial charge on any atom is 0.252 e. The third kappa shape index (κ3) is 2.84. The van der Waals surface area contributed by atoms with Gasteiger partial charge in [0.15, 0.2) is 5.65 Å². The molecule has 0 atom stereocenters. The minimum Gasteiger partial charge on any atom is -0.348 e. The van der Waals surface area contributed by atoms with E-state index in [1.165, 1.54) is 0 Å². The molecule has 0 fully saturated rings. The molecule has 1 N–H and O–H groups in total. The lowest BCUT2D eigenvalue weighted by Gasteiger charge is -2.08. The lowest BCUT2D eigenvalue weighted by molar-refractivity contribution is 0.0952. The normalized spacial score (nSPS) is 10.6. The molecule has 3 rings (SSSR count). The molecule has 0 unspecified atom stereocenters. The molecule has 2 aromatic heterocycles. The summed E-state index contributed by atoms with van der Waals surface area (Å²) in [4.78, 5) is 17.1. The molecule has 1 aromatic carbocycles. The standard InChI is InChI=1S/C18H17N5O/c1-11-8-15(16-12(2)22-23(3)17(16)21-11)18(24)20-10-14-6-4-13(9-19)5-7-14/h4-8H,10H2,1-3H3,(H,20,24). The van der Waals surface area contributed by atoms with Crippen LogP contribution in [0.25, 0.3) is 11.0 Å². The summed E-state index contributed by atoms with van der Waals surface area (Å²) >= 11 is 0. The van der Waals surface area contributed by atoms with Crippen LogP contribution in [-0.4, -0.2) is 20.7 Å². The Morgan fingerprint density at radius 1 is 1.29 bits per heavy atom. The number of pyridine rings is 1. The van der Waals surface area contributed by atoms with E-state index in [9.17, 15) is 4.79 Å². The first-order valence-corrected chi connectivity index (χ1v) is 7.58. The van der Waals surface area contributed by atoms with Crippen molar-refractivity contribution in [3.63, 3.8) is 0 Å². The number of aromatic nitrogens is 3. The Morgan fingerprint density at radius 3 is 2.67 bits per heavy atom. The van der Waals surface area contributed by atoms with Crippen LogP contribution in [0, 0.1) is 25.2 Å². The van der Waals surface area contributed by atoms with Crippen LogP contribution in [0.3, 0.4) is 0 Å². The highest BCUT2D eigenvalue weighted by atomic mass is 16.1. The van der Waals surface area contributed by atoms with Gasteiger partial charge < -0.3 is 5.32 Å². The van der Waals surface area contributed by atoms with E-state index in [2.05, 4.69) is 21.5 Å². The lowest BCUT2D eigenvalue weighted by Crippen LogP contribution is -2.23. The summed E-state index contributed by atoms with van der Waals surface area (Å²) in [5.41, 5.74) is 4.38. The number of rotatable bonds is 3. The largest absolute Gasteiger partial charge is 0.348 e. The van der Waals surface area contributed by atoms with E-state index >= 15 is 0 Å². The molecule has 0 aliphatic carbocycles. The number of aryl methyl sites for hydroxylation is 3. The van der Waals surface area contributed by atoms with Gasteiger partial charge in [0.05, 0.1) is 28.3 Å². The average Bonchev–Trinajstić information content (AvgIpc) is 2.86. The molecule has 24 heavy (non-hydrogen) atoms. The number of nitrogens with zero attached hydrogens (tertiary/aromatic N) is 4. The van der Waals surface area contributed by atoms with Crippen molar-refractivity contribution in [2.24, 2.45) is 7.05 Å². The van der Waals surface area contributed by atoms with Gasteiger partial charge in [0.2, 0.25) is 0 Å². The van der Waals surface area contributed by atoms with E-state index < -0.39 is 0 Å². The number of carbonyl (C=O) groups is 1. The number of hydrogen-bond donors (Lipinski definition) is 1. The Morgan fingerprint density at radius 2 is 2.00 bits per heavy atom. The van der Waals surface area contributed by atoms with E-state index in [1.807, 2.05) is 33.0 Å². The van der Waals surface area contributed by atoms with Crippen LogP contribution < -0.4 is 5.32 Å². The smallest absolute Gasteiger partial charge is 0.252 e. The van der Waals surface area contributed by atoms with Crippen molar-refractivity contribution in [1.82, 2.24) is 20.1 Å². The number of hydrogen-bond acceptors (Lipinski definition) is 4. The highest BCUT2D eigenvalue weighted by Gasteiger charge is 2.17. The highest BCUT2D eigenvalue weighted by Crippen LogP contribution is 2.21. The molecule has 0 saturated heterocycles. The molecule has 3 aromatic rings.